The summed E-state index contributed by atoms with van der Waals surface area (Å²) >= 11 is 3.69. The Bertz CT molecular complexity index is 653. The molecule has 0 radical (unpaired) electrons. The van der Waals surface area contributed by atoms with E-state index in [1.165, 1.54) is 11.1 Å². The molecule has 0 aromatic heterocycles. The third-order valence-electron chi connectivity index (χ3n) is 3.84. The molecule has 0 saturated carbocycles. The summed E-state index contributed by atoms with van der Waals surface area (Å²) < 4.78 is 0. The van der Waals surface area contributed by atoms with Gasteiger partial charge in [-0.3, -0.25) is 4.79 Å². The van der Waals surface area contributed by atoms with E-state index in [0.29, 0.717) is 0 Å². The number of halogens is 1. The second kappa shape index (κ2) is 5.41. The smallest absolute Gasteiger partial charge is 0.252 e. The summed E-state index contributed by atoms with van der Waals surface area (Å²) in [5.41, 5.74) is 4.28. The third-order valence-corrected chi connectivity index (χ3v) is 4.70. The van der Waals surface area contributed by atoms with E-state index in [4.69, 9.17) is 0 Å². The van der Waals surface area contributed by atoms with Crippen molar-refractivity contribution in [3.05, 3.63) is 70.8 Å². The van der Waals surface area contributed by atoms with Gasteiger partial charge in [0.2, 0.25) is 0 Å². The summed E-state index contributed by atoms with van der Waals surface area (Å²) in [5.74, 6) is -0.00532. The quantitative estimate of drug-likeness (QED) is 0.834. The molecule has 1 N–H and O–H groups in total. The number of alkyl halides is 1. The van der Waals surface area contributed by atoms with Crippen molar-refractivity contribution < 1.29 is 4.79 Å². The van der Waals surface area contributed by atoms with Crippen LogP contribution in [0.3, 0.4) is 0 Å². The molecule has 1 aliphatic rings. The number of benzene rings is 2. The van der Waals surface area contributed by atoms with E-state index >= 15 is 0 Å². The van der Waals surface area contributed by atoms with Crippen LogP contribution in [0, 0.1) is 6.92 Å². The second-order valence-electron chi connectivity index (χ2n) is 5.18. The minimum absolute atomic E-state index is 0.00532. The van der Waals surface area contributed by atoms with Crippen LogP contribution in [-0.2, 0) is 6.42 Å². The molecule has 2 atom stereocenters. The Morgan fingerprint density at radius 3 is 2.65 bits per heavy atom. The van der Waals surface area contributed by atoms with Crippen molar-refractivity contribution >= 4 is 21.8 Å². The van der Waals surface area contributed by atoms with Gasteiger partial charge in [0, 0.05) is 10.4 Å². The predicted molar refractivity (Wildman–Crippen MR) is 84.2 cm³/mol. The van der Waals surface area contributed by atoms with Gasteiger partial charge < -0.3 is 5.32 Å². The zero-order valence-corrected chi connectivity index (χ0v) is 12.9. The number of aryl methyl sites for hydroxylation is 1. The lowest BCUT2D eigenvalue weighted by Gasteiger charge is -2.18. The maximum absolute atomic E-state index is 12.4. The highest BCUT2D eigenvalue weighted by molar-refractivity contribution is 9.09. The summed E-state index contributed by atoms with van der Waals surface area (Å²) in [6, 6.07) is 16.0. The molecule has 0 saturated heterocycles. The largest absolute Gasteiger partial charge is 0.344 e. The fourth-order valence-corrected chi connectivity index (χ4v) is 3.53. The fraction of sp³-hybridized carbons (Fsp3) is 0.235. The number of carbonyl (C=O) groups is 1. The fourth-order valence-electron chi connectivity index (χ4n) is 2.76. The van der Waals surface area contributed by atoms with E-state index in [9.17, 15) is 4.79 Å². The van der Waals surface area contributed by atoms with E-state index in [0.717, 1.165) is 17.5 Å². The minimum atomic E-state index is -0.00532. The van der Waals surface area contributed by atoms with Crippen LogP contribution in [-0.4, -0.2) is 10.7 Å². The van der Waals surface area contributed by atoms with Crippen molar-refractivity contribution in [1.82, 2.24) is 5.32 Å². The summed E-state index contributed by atoms with van der Waals surface area (Å²) in [5, 5.41) is 3.16. The lowest BCUT2D eigenvalue weighted by molar-refractivity contribution is 0.0937. The molecule has 0 heterocycles. The van der Waals surface area contributed by atoms with Crippen LogP contribution in [0.5, 0.6) is 0 Å². The summed E-state index contributed by atoms with van der Waals surface area (Å²) in [7, 11) is 0. The second-order valence-corrected chi connectivity index (χ2v) is 6.36. The summed E-state index contributed by atoms with van der Waals surface area (Å²) in [4.78, 5) is 12.7. The zero-order chi connectivity index (χ0) is 14.1. The number of carbonyl (C=O) groups excluding carboxylic acids is 1. The lowest BCUT2D eigenvalue weighted by Crippen LogP contribution is -2.32. The van der Waals surface area contributed by atoms with E-state index in [2.05, 4.69) is 33.4 Å². The van der Waals surface area contributed by atoms with Crippen molar-refractivity contribution in [2.75, 3.05) is 0 Å². The Morgan fingerprint density at radius 2 is 1.85 bits per heavy atom. The molecule has 2 unspecified atom stereocenters. The van der Waals surface area contributed by atoms with Gasteiger partial charge in [0.1, 0.15) is 0 Å². The molecule has 2 aromatic rings. The molecule has 1 amide bonds. The van der Waals surface area contributed by atoms with Gasteiger partial charge >= 0.3 is 0 Å². The molecule has 3 heteroatoms. The summed E-state index contributed by atoms with van der Waals surface area (Å²) in [6.45, 7) is 1.96. The normalized spacial score (nSPS) is 20.5. The maximum atomic E-state index is 12.4. The number of hydrogen-bond donors (Lipinski definition) is 1. The Kier molecular flexibility index (Phi) is 3.62. The highest BCUT2D eigenvalue weighted by Gasteiger charge is 2.31. The van der Waals surface area contributed by atoms with Crippen LogP contribution in [0.15, 0.2) is 48.5 Å². The Hall–Kier alpha value is -1.61. The Labute approximate surface area is 127 Å². The van der Waals surface area contributed by atoms with Crippen molar-refractivity contribution in [2.24, 2.45) is 0 Å². The van der Waals surface area contributed by atoms with E-state index in [-0.39, 0.29) is 16.8 Å². The Balaban J connectivity index is 1.85. The van der Waals surface area contributed by atoms with Gasteiger partial charge in [0.05, 0.1) is 6.04 Å². The number of amides is 1. The molecule has 20 heavy (non-hydrogen) atoms. The first-order valence-corrected chi connectivity index (χ1v) is 7.67. The third kappa shape index (κ3) is 2.38. The number of fused-ring (bicyclic) bond motifs is 1. The van der Waals surface area contributed by atoms with E-state index in [1.54, 1.807) is 0 Å². The standard InChI is InChI=1S/C17H16BrNO/c1-11-6-2-4-8-13(11)17(20)19-16-14-9-5-3-7-12(14)10-15(16)18/h2-9,15-16H,10H2,1H3,(H,19,20). The van der Waals surface area contributed by atoms with E-state index < -0.39 is 0 Å². The van der Waals surface area contributed by atoms with Gasteiger partial charge in [0.25, 0.3) is 5.91 Å². The van der Waals surface area contributed by atoms with Crippen LogP contribution in [0.2, 0.25) is 0 Å². The summed E-state index contributed by atoms with van der Waals surface area (Å²) in [6.07, 6.45) is 0.953. The molecule has 102 valence electrons. The average Bonchev–Trinajstić information content (AvgIpc) is 2.76. The molecule has 1 aliphatic carbocycles. The highest BCUT2D eigenvalue weighted by Crippen LogP contribution is 2.35. The average molecular weight is 330 g/mol. The molecule has 0 fully saturated rings. The first kappa shape index (κ1) is 13.4. The van der Waals surface area contributed by atoms with Crippen LogP contribution in [0.1, 0.15) is 33.1 Å². The first-order valence-electron chi connectivity index (χ1n) is 6.75. The van der Waals surface area contributed by atoms with Crippen molar-refractivity contribution in [1.29, 1.82) is 0 Å². The van der Waals surface area contributed by atoms with Crippen LogP contribution in [0.25, 0.3) is 0 Å². The van der Waals surface area contributed by atoms with Crippen molar-refractivity contribution in [3.63, 3.8) is 0 Å². The number of rotatable bonds is 2. The van der Waals surface area contributed by atoms with Crippen LogP contribution < -0.4 is 5.32 Å². The molecular formula is C17H16BrNO. The molecular weight excluding hydrogens is 314 g/mol. The number of nitrogens with one attached hydrogen (secondary N) is 1. The van der Waals surface area contributed by atoms with Gasteiger partial charge in [-0.15, -0.1) is 0 Å². The zero-order valence-electron chi connectivity index (χ0n) is 11.3. The molecule has 0 spiro atoms. The van der Waals surface area contributed by atoms with Crippen molar-refractivity contribution in [3.8, 4) is 0 Å². The highest BCUT2D eigenvalue weighted by atomic mass is 79.9. The predicted octanol–water partition coefficient (Wildman–Crippen LogP) is 3.79. The van der Waals surface area contributed by atoms with Gasteiger partial charge in [-0.1, -0.05) is 58.4 Å². The monoisotopic (exact) mass is 329 g/mol. The lowest BCUT2D eigenvalue weighted by atomic mass is 10.1. The molecule has 2 nitrogen and oxygen atoms in total. The Morgan fingerprint density at radius 1 is 1.15 bits per heavy atom. The van der Waals surface area contributed by atoms with Gasteiger partial charge in [-0.05, 0) is 36.1 Å². The maximum Gasteiger partial charge on any atom is 0.252 e. The van der Waals surface area contributed by atoms with E-state index in [1.807, 2.05) is 43.3 Å². The van der Waals surface area contributed by atoms with Crippen molar-refractivity contribution in [2.45, 2.75) is 24.2 Å². The minimum Gasteiger partial charge on any atom is -0.344 e. The van der Waals surface area contributed by atoms with Crippen LogP contribution >= 0.6 is 15.9 Å². The SMILES string of the molecule is Cc1ccccc1C(=O)NC1c2ccccc2CC1Br. The van der Waals surface area contributed by atoms with Gasteiger partial charge in [-0.25, -0.2) is 0 Å². The van der Waals surface area contributed by atoms with Crippen LogP contribution in [0.4, 0.5) is 0 Å². The van der Waals surface area contributed by atoms with Gasteiger partial charge in [0.15, 0.2) is 0 Å². The molecule has 0 bridgehead atoms. The molecule has 2 aromatic carbocycles. The first-order chi connectivity index (χ1) is 9.66. The topological polar surface area (TPSA) is 29.1 Å². The van der Waals surface area contributed by atoms with Gasteiger partial charge in [-0.2, -0.15) is 0 Å². The molecule has 0 aliphatic heterocycles. The number of hydrogen-bond acceptors (Lipinski definition) is 1. The molecule has 3 rings (SSSR count).